The van der Waals surface area contributed by atoms with Crippen molar-refractivity contribution in [1.29, 1.82) is 0 Å². The van der Waals surface area contributed by atoms with Crippen LogP contribution in [0.2, 0.25) is 0 Å². The van der Waals surface area contributed by atoms with Gasteiger partial charge in [0.1, 0.15) is 17.7 Å². The van der Waals surface area contributed by atoms with Crippen molar-refractivity contribution in [2.75, 3.05) is 6.54 Å². The van der Waals surface area contributed by atoms with Crippen molar-refractivity contribution in [2.24, 2.45) is 0 Å². The largest absolute Gasteiger partial charge is 0.439 e. The van der Waals surface area contributed by atoms with Gasteiger partial charge in [0.2, 0.25) is 0 Å². The Morgan fingerprint density at radius 2 is 1.79 bits per heavy atom. The van der Waals surface area contributed by atoms with Crippen LogP contribution in [0.5, 0.6) is 0 Å². The third-order valence-corrected chi connectivity index (χ3v) is 3.55. The van der Waals surface area contributed by atoms with Crippen molar-refractivity contribution >= 4 is 18.1 Å². The van der Waals surface area contributed by atoms with Crippen LogP contribution in [0.4, 0.5) is 13.6 Å². The zero-order valence-corrected chi connectivity index (χ0v) is 12.5. The van der Waals surface area contributed by atoms with Crippen LogP contribution in [0.1, 0.15) is 17.2 Å². The van der Waals surface area contributed by atoms with E-state index in [1.807, 2.05) is 18.2 Å². The average molecular weight is 329 g/mol. The van der Waals surface area contributed by atoms with Gasteiger partial charge in [-0.2, -0.15) is 0 Å². The number of rotatable bonds is 3. The van der Waals surface area contributed by atoms with Crippen LogP contribution in [0.15, 0.2) is 54.6 Å². The normalized spacial score (nSPS) is 17.3. The monoisotopic (exact) mass is 329 g/mol. The van der Waals surface area contributed by atoms with E-state index in [1.54, 1.807) is 12.1 Å². The Kier molecular flexibility index (Phi) is 4.37. The highest BCUT2D eigenvalue weighted by molar-refractivity contribution is 6.01. The van der Waals surface area contributed by atoms with Gasteiger partial charge in [-0.05, 0) is 29.3 Å². The van der Waals surface area contributed by atoms with Gasteiger partial charge in [-0.1, -0.05) is 30.3 Å². The molecule has 1 atom stereocenters. The molecule has 2 aromatic rings. The molecule has 0 saturated carbocycles. The number of hydrogen-bond donors (Lipinski definition) is 0. The fourth-order valence-electron chi connectivity index (χ4n) is 2.41. The summed E-state index contributed by atoms with van der Waals surface area (Å²) in [6, 6.07) is 12.0. The summed E-state index contributed by atoms with van der Waals surface area (Å²) in [6.07, 6.45) is 1.06. The van der Waals surface area contributed by atoms with Crippen LogP contribution in [0, 0.1) is 11.6 Å². The Bertz CT molecular complexity index is 785. The van der Waals surface area contributed by atoms with Crippen LogP contribution in [0.3, 0.4) is 0 Å². The van der Waals surface area contributed by atoms with Crippen molar-refractivity contribution in [2.45, 2.75) is 6.10 Å². The quantitative estimate of drug-likeness (QED) is 0.807. The minimum absolute atomic E-state index is 0.0868. The molecule has 1 aliphatic heterocycles. The summed E-state index contributed by atoms with van der Waals surface area (Å²) in [5.41, 5.74) is 0.977. The molecule has 4 nitrogen and oxygen atoms in total. The predicted octanol–water partition coefficient (Wildman–Crippen LogP) is 3.70. The fraction of sp³-hybridized carbons (Fsp3) is 0.111. The molecular weight excluding hydrogens is 316 g/mol. The number of hydrogen-bond acceptors (Lipinski definition) is 3. The molecule has 1 fully saturated rings. The molecule has 0 unspecified atom stereocenters. The molecule has 0 radical (unpaired) electrons. The molecule has 1 aliphatic rings. The maximum atomic E-state index is 13.1. The minimum atomic E-state index is -0.746. The molecular formula is C18H13F2NO3. The first-order valence-electron chi connectivity index (χ1n) is 7.24. The van der Waals surface area contributed by atoms with E-state index in [2.05, 4.69) is 0 Å². The Labute approximate surface area is 137 Å². The third kappa shape index (κ3) is 3.48. The molecule has 2 aromatic carbocycles. The lowest BCUT2D eigenvalue weighted by Gasteiger charge is -2.08. The number of cyclic esters (lactones) is 1. The first-order valence-corrected chi connectivity index (χ1v) is 7.24. The number of carbonyl (C=O) groups excluding carboxylic acids is 2. The van der Waals surface area contributed by atoms with E-state index in [4.69, 9.17) is 4.74 Å². The molecule has 0 aliphatic carbocycles. The molecule has 122 valence electrons. The number of ether oxygens (including phenoxy) is 1. The second kappa shape index (κ2) is 6.62. The predicted molar refractivity (Wildman–Crippen MR) is 82.8 cm³/mol. The lowest BCUT2D eigenvalue weighted by atomic mass is 10.1. The fourth-order valence-corrected chi connectivity index (χ4v) is 2.41. The first-order chi connectivity index (χ1) is 11.5. The summed E-state index contributed by atoms with van der Waals surface area (Å²) >= 11 is 0. The van der Waals surface area contributed by atoms with Gasteiger partial charge in [0.05, 0.1) is 6.54 Å². The standard InChI is InChI=1S/C18H13F2NO3/c19-14-8-12(9-15(20)10-14)6-7-17(22)21-11-16(24-18(21)23)13-4-2-1-3-5-13/h1-10,16H,11H2/b7-6+/t16-/m0/s1. The Hall–Kier alpha value is -3.02. The zero-order chi connectivity index (χ0) is 17.1. The van der Waals surface area contributed by atoms with Crippen molar-refractivity contribution in [3.05, 3.63) is 77.4 Å². The van der Waals surface area contributed by atoms with Gasteiger partial charge in [-0.3, -0.25) is 4.79 Å². The van der Waals surface area contributed by atoms with Gasteiger partial charge < -0.3 is 4.74 Å². The van der Waals surface area contributed by atoms with E-state index in [-0.39, 0.29) is 12.1 Å². The Morgan fingerprint density at radius 3 is 2.46 bits per heavy atom. The molecule has 6 heteroatoms. The van der Waals surface area contributed by atoms with Crippen molar-refractivity contribution in [3.8, 4) is 0 Å². The molecule has 2 amide bonds. The molecule has 0 aromatic heterocycles. The van der Waals surface area contributed by atoms with Gasteiger partial charge >= 0.3 is 6.09 Å². The summed E-state index contributed by atoms with van der Waals surface area (Å²) in [5, 5.41) is 0. The highest BCUT2D eigenvalue weighted by atomic mass is 19.1. The van der Waals surface area contributed by atoms with Gasteiger partial charge in [-0.25, -0.2) is 18.5 Å². The van der Waals surface area contributed by atoms with Crippen LogP contribution < -0.4 is 0 Å². The summed E-state index contributed by atoms with van der Waals surface area (Å²) in [6.45, 7) is 0.0868. The van der Waals surface area contributed by atoms with E-state index < -0.39 is 29.7 Å². The molecule has 24 heavy (non-hydrogen) atoms. The number of benzene rings is 2. The first kappa shape index (κ1) is 15.9. The maximum Gasteiger partial charge on any atom is 0.417 e. The second-order valence-electron chi connectivity index (χ2n) is 5.27. The van der Waals surface area contributed by atoms with Gasteiger partial charge in [0.25, 0.3) is 5.91 Å². The maximum absolute atomic E-state index is 13.1. The van der Waals surface area contributed by atoms with Gasteiger partial charge in [-0.15, -0.1) is 0 Å². The number of amides is 2. The summed E-state index contributed by atoms with van der Waals surface area (Å²) in [5.74, 6) is -2.10. The highest BCUT2D eigenvalue weighted by Gasteiger charge is 2.35. The minimum Gasteiger partial charge on any atom is -0.439 e. The molecule has 1 saturated heterocycles. The van der Waals surface area contributed by atoms with E-state index in [0.29, 0.717) is 0 Å². The third-order valence-electron chi connectivity index (χ3n) is 3.55. The molecule has 1 heterocycles. The lowest BCUT2D eigenvalue weighted by molar-refractivity contribution is -0.122. The average Bonchev–Trinajstić information content (AvgIpc) is 2.94. The molecule has 0 bridgehead atoms. The van der Waals surface area contributed by atoms with Gasteiger partial charge in [0, 0.05) is 12.1 Å². The number of nitrogens with zero attached hydrogens (tertiary/aromatic N) is 1. The van der Waals surface area contributed by atoms with Crippen molar-refractivity contribution < 1.29 is 23.1 Å². The van der Waals surface area contributed by atoms with E-state index in [9.17, 15) is 18.4 Å². The van der Waals surface area contributed by atoms with Crippen molar-refractivity contribution in [3.63, 3.8) is 0 Å². The van der Waals surface area contributed by atoms with E-state index >= 15 is 0 Å². The van der Waals surface area contributed by atoms with Crippen LogP contribution >= 0.6 is 0 Å². The number of carbonyl (C=O) groups is 2. The topological polar surface area (TPSA) is 46.6 Å². The van der Waals surface area contributed by atoms with Crippen LogP contribution in [0.25, 0.3) is 6.08 Å². The van der Waals surface area contributed by atoms with Crippen LogP contribution in [-0.2, 0) is 9.53 Å². The molecule has 0 spiro atoms. The zero-order valence-electron chi connectivity index (χ0n) is 12.5. The molecule has 3 rings (SSSR count). The lowest BCUT2D eigenvalue weighted by Crippen LogP contribution is -2.30. The van der Waals surface area contributed by atoms with Gasteiger partial charge in [0.15, 0.2) is 0 Å². The molecule has 0 N–H and O–H groups in total. The smallest absolute Gasteiger partial charge is 0.417 e. The van der Waals surface area contributed by atoms with Crippen LogP contribution in [-0.4, -0.2) is 23.4 Å². The SMILES string of the molecule is O=C(/C=C/c1cc(F)cc(F)c1)N1C[C@@H](c2ccccc2)OC1=O. The van der Waals surface area contributed by atoms with E-state index in [1.165, 1.54) is 6.08 Å². The summed E-state index contributed by atoms with van der Waals surface area (Å²) in [4.78, 5) is 24.9. The number of imide groups is 1. The number of halogens is 2. The second-order valence-corrected chi connectivity index (χ2v) is 5.27. The highest BCUT2D eigenvalue weighted by Crippen LogP contribution is 2.26. The summed E-state index contributed by atoms with van der Waals surface area (Å²) in [7, 11) is 0. The Balaban J connectivity index is 1.71. The van der Waals surface area contributed by atoms with Crippen molar-refractivity contribution in [1.82, 2.24) is 4.90 Å². The Morgan fingerprint density at radius 1 is 1.12 bits per heavy atom. The summed E-state index contributed by atoms with van der Waals surface area (Å²) < 4.78 is 31.4. The van der Waals surface area contributed by atoms with E-state index in [0.717, 1.165) is 34.7 Å².